The van der Waals surface area contributed by atoms with Crippen LogP contribution in [0, 0.1) is 29.6 Å². The fourth-order valence-electron chi connectivity index (χ4n) is 5.38. The Balaban J connectivity index is 1.71. The summed E-state index contributed by atoms with van der Waals surface area (Å²) in [7, 11) is 0. The lowest BCUT2D eigenvalue weighted by molar-refractivity contribution is -0.0579. The first-order valence-corrected chi connectivity index (χ1v) is 7.40. The Hall–Kier alpha value is -0.0800. The minimum absolute atomic E-state index is 0.213. The van der Waals surface area contributed by atoms with Gasteiger partial charge in [0.25, 0.3) is 0 Å². The Bertz CT molecular complexity index is 266. The van der Waals surface area contributed by atoms with Crippen molar-refractivity contribution in [3.8, 4) is 0 Å². The summed E-state index contributed by atoms with van der Waals surface area (Å²) >= 11 is 0. The lowest BCUT2D eigenvalue weighted by Crippen LogP contribution is -2.53. The predicted molar refractivity (Wildman–Crippen MR) is 69.4 cm³/mol. The molecule has 3 N–H and O–H groups in total. The van der Waals surface area contributed by atoms with E-state index in [9.17, 15) is 5.11 Å². The van der Waals surface area contributed by atoms with Crippen molar-refractivity contribution in [2.45, 2.75) is 64.0 Å². The molecule has 0 radical (unpaired) electrons. The van der Waals surface area contributed by atoms with Crippen LogP contribution in [0.15, 0.2) is 0 Å². The molecule has 0 saturated heterocycles. The molecular weight excluding hydrogens is 210 g/mol. The van der Waals surface area contributed by atoms with Gasteiger partial charge < -0.3 is 10.8 Å². The van der Waals surface area contributed by atoms with Crippen LogP contribution in [0.5, 0.6) is 0 Å². The van der Waals surface area contributed by atoms with Gasteiger partial charge in [-0.2, -0.15) is 0 Å². The average Bonchev–Trinajstić information content (AvgIpc) is 2.11. The number of rotatable bonds is 3. The summed E-state index contributed by atoms with van der Waals surface area (Å²) in [5.74, 6) is 4.49. The number of hydrogen-bond donors (Lipinski definition) is 2. The van der Waals surface area contributed by atoms with Crippen LogP contribution in [0.25, 0.3) is 0 Å². The second kappa shape index (κ2) is 3.96. The summed E-state index contributed by atoms with van der Waals surface area (Å²) in [4.78, 5) is 0. The molecule has 4 rings (SSSR count). The van der Waals surface area contributed by atoms with Crippen molar-refractivity contribution < 1.29 is 5.11 Å². The fourth-order valence-corrected chi connectivity index (χ4v) is 5.38. The van der Waals surface area contributed by atoms with Gasteiger partial charge in [0.05, 0.1) is 5.60 Å². The molecule has 0 spiro atoms. The second-order valence-electron chi connectivity index (χ2n) is 7.69. The normalized spacial score (nSPS) is 46.2. The molecule has 4 saturated carbocycles. The molecular formula is C15H27NO. The highest BCUT2D eigenvalue weighted by molar-refractivity contribution is 5.01. The maximum absolute atomic E-state index is 9.96. The van der Waals surface area contributed by atoms with E-state index in [1.54, 1.807) is 0 Å². The van der Waals surface area contributed by atoms with E-state index in [0.29, 0.717) is 5.92 Å². The summed E-state index contributed by atoms with van der Waals surface area (Å²) in [6, 6.07) is 0.213. The number of nitrogens with two attached hydrogens (primary N) is 1. The number of hydrogen-bond acceptors (Lipinski definition) is 2. The van der Waals surface area contributed by atoms with Gasteiger partial charge in [0.1, 0.15) is 0 Å². The zero-order chi connectivity index (χ0) is 12.2. The first kappa shape index (κ1) is 12.0. The van der Waals surface area contributed by atoms with Gasteiger partial charge >= 0.3 is 0 Å². The zero-order valence-corrected chi connectivity index (χ0v) is 11.2. The summed E-state index contributed by atoms with van der Waals surface area (Å²) in [5.41, 5.74) is 5.82. The maximum atomic E-state index is 9.96. The van der Waals surface area contributed by atoms with Crippen molar-refractivity contribution in [3.63, 3.8) is 0 Å². The SMILES string of the molecule is CC(C)(O)CC(N)C1C2CC3CC(C2)CC1C3. The Morgan fingerprint density at radius 2 is 1.53 bits per heavy atom. The van der Waals surface area contributed by atoms with Gasteiger partial charge in [-0.15, -0.1) is 0 Å². The van der Waals surface area contributed by atoms with Crippen LogP contribution in [0.1, 0.15) is 52.4 Å². The summed E-state index contributed by atoms with van der Waals surface area (Å²) in [6.07, 6.45) is 7.98. The molecule has 0 aromatic rings. The van der Waals surface area contributed by atoms with E-state index in [0.717, 1.165) is 30.1 Å². The van der Waals surface area contributed by atoms with Crippen LogP contribution >= 0.6 is 0 Å². The summed E-state index contributed by atoms with van der Waals surface area (Å²) in [6.45, 7) is 3.78. The van der Waals surface area contributed by atoms with Crippen LogP contribution in [0.3, 0.4) is 0 Å². The van der Waals surface area contributed by atoms with Crippen LogP contribution in [-0.2, 0) is 0 Å². The zero-order valence-electron chi connectivity index (χ0n) is 11.2. The predicted octanol–water partition coefficient (Wildman–Crippen LogP) is 2.55. The van der Waals surface area contributed by atoms with Gasteiger partial charge in [-0.25, -0.2) is 0 Å². The monoisotopic (exact) mass is 237 g/mol. The Morgan fingerprint density at radius 3 is 1.94 bits per heavy atom. The Labute approximate surface area is 105 Å². The van der Waals surface area contributed by atoms with Crippen molar-refractivity contribution in [3.05, 3.63) is 0 Å². The van der Waals surface area contributed by atoms with E-state index >= 15 is 0 Å². The van der Waals surface area contributed by atoms with Crippen molar-refractivity contribution >= 4 is 0 Å². The smallest absolute Gasteiger partial charge is 0.0606 e. The topological polar surface area (TPSA) is 46.2 Å². The molecule has 1 unspecified atom stereocenters. The Kier molecular flexibility index (Phi) is 2.79. The highest BCUT2D eigenvalue weighted by Crippen LogP contribution is 2.57. The van der Waals surface area contributed by atoms with Crippen LogP contribution in [0.4, 0.5) is 0 Å². The van der Waals surface area contributed by atoms with Gasteiger partial charge in [0.2, 0.25) is 0 Å². The summed E-state index contributed by atoms with van der Waals surface area (Å²) in [5, 5.41) is 9.96. The molecule has 0 aliphatic heterocycles. The quantitative estimate of drug-likeness (QED) is 0.792. The Morgan fingerprint density at radius 1 is 1.06 bits per heavy atom. The third-order valence-corrected chi connectivity index (χ3v) is 5.53. The van der Waals surface area contributed by atoms with E-state index in [1.165, 1.54) is 32.1 Å². The standard InChI is InChI=1S/C15H27NO/c1-15(2,17)8-13(16)14-11-4-9-3-10(6-11)7-12(14)5-9/h9-14,17H,3-8,16H2,1-2H3. The summed E-state index contributed by atoms with van der Waals surface area (Å²) < 4.78 is 0. The van der Waals surface area contributed by atoms with Crippen LogP contribution in [-0.4, -0.2) is 16.7 Å². The first-order valence-electron chi connectivity index (χ1n) is 7.40. The van der Waals surface area contributed by atoms with E-state index in [-0.39, 0.29) is 6.04 Å². The number of aliphatic hydroxyl groups is 1. The molecule has 0 aromatic heterocycles. The van der Waals surface area contributed by atoms with Crippen LogP contribution in [0.2, 0.25) is 0 Å². The molecule has 0 heterocycles. The lowest BCUT2D eigenvalue weighted by atomic mass is 9.50. The minimum Gasteiger partial charge on any atom is -0.390 e. The molecule has 4 fully saturated rings. The highest BCUT2D eigenvalue weighted by atomic mass is 16.3. The van der Waals surface area contributed by atoms with Crippen molar-refractivity contribution in [2.24, 2.45) is 35.3 Å². The fraction of sp³-hybridized carbons (Fsp3) is 1.00. The van der Waals surface area contributed by atoms with E-state index in [1.807, 2.05) is 13.8 Å². The first-order chi connectivity index (χ1) is 7.92. The van der Waals surface area contributed by atoms with E-state index in [2.05, 4.69) is 0 Å². The second-order valence-corrected chi connectivity index (χ2v) is 7.69. The molecule has 2 heteroatoms. The van der Waals surface area contributed by atoms with Gasteiger partial charge in [0, 0.05) is 6.04 Å². The molecule has 0 amide bonds. The van der Waals surface area contributed by atoms with Gasteiger partial charge in [-0.3, -0.25) is 0 Å². The van der Waals surface area contributed by atoms with E-state index < -0.39 is 5.60 Å². The lowest BCUT2D eigenvalue weighted by Gasteiger charge is -2.56. The molecule has 4 bridgehead atoms. The minimum atomic E-state index is -0.603. The highest BCUT2D eigenvalue weighted by Gasteiger charge is 2.50. The molecule has 1 atom stereocenters. The third kappa shape index (κ3) is 2.26. The van der Waals surface area contributed by atoms with Crippen molar-refractivity contribution in [2.75, 3.05) is 0 Å². The van der Waals surface area contributed by atoms with E-state index in [4.69, 9.17) is 5.73 Å². The van der Waals surface area contributed by atoms with Gasteiger partial charge in [0.15, 0.2) is 0 Å². The average molecular weight is 237 g/mol. The van der Waals surface area contributed by atoms with Crippen molar-refractivity contribution in [1.29, 1.82) is 0 Å². The maximum Gasteiger partial charge on any atom is 0.0606 e. The molecule has 0 aromatic carbocycles. The largest absolute Gasteiger partial charge is 0.390 e. The van der Waals surface area contributed by atoms with Gasteiger partial charge in [-0.05, 0) is 82.0 Å². The van der Waals surface area contributed by atoms with Crippen molar-refractivity contribution in [1.82, 2.24) is 0 Å². The third-order valence-electron chi connectivity index (χ3n) is 5.53. The molecule has 98 valence electrons. The molecule has 4 aliphatic rings. The van der Waals surface area contributed by atoms with Gasteiger partial charge in [-0.1, -0.05) is 0 Å². The molecule has 2 nitrogen and oxygen atoms in total. The molecule has 17 heavy (non-hydrogen) atoms. The molecule has 4 aliphatic carbocycles. The van der Waals surface area contributed by atoms with Crippen LogP contribution < -0.4 is 5.73 Å².